The molecule has 0 aliphatic heterocycles. The molecule has 0 saturated heterocycles. The number of aromatic nitrogens is 2. The molecule has 0 bridgehead atoms. The van der Waals surface area contributed by atoms with Crippen molar-refractivity contribution >= 4 is 17.3 Å². The van der Waals surface area contributed by atoms with Gasteiger partial charge >= 0.3 is 0 Å². The van der Waals surface area contributed by atoms with E-state index in [4.69, 9.17) is 0 Å². The van der Waals surface area contributed by atoms with E-state index < -0.39 is 10.8 Å². The number of carbonyl (C=O) groups excluding carboxylic acids is 1. The van der Waals surface area contributed by atoms with Crippen molar-refractivity contribution in [2.75, 3.05) is 0 Å². The van der Waals surface area contributed by atoms with Gasteiger partial charge in [0.1, 0.15) is 0 Å². The van der Waals surface area contributed by atoms with Crippen LogP contribution in [0, 0.1) is 17.0 Å². The normalized spacial score (nSPS) is 11.3. The predicted molar refractivity (Wildman–Crippen MR) is 105 cm³/mol. The van der Waals surface area contributed by atoms with E-state index >= 15 is 0 Å². The van der Waals surface area contributed by atoms with Crippen LogP contribution in [-0.4, -0.2) is 26.3 Å². The summed E-state index contributed by atoms with van der Waals surface area (Å²) in [6, 6.07) is 15.6. The Balaban J connectivity index is 1.62. The molecule has 0 atom stereocenters. The Labute approximate surface area is 161 Å². The minimum absolute atomic E-state index is 0.0334. The van der Waals surface area contributed by atoms with Crippen LogP contribution in [0.2, 0.25) is 0 Å². The van der Waals surface area contributed by atoms with E-state index in [0.29, 0.717) is 12.3 Å². The number of benzene rings is 2. The lowest BCUT2D eigenvalue weighted by Gasteiger charge is -2.03. The Hall–Kier alpha value is -3.81. The molecule has 3 aromatic rings. The van der Waals surface area contributed by atoms with Crippen molar-refractivity contribution in [2.24, 2.45) is 5.10 Å². The van der Waals surface area contributed by atoms with Crippen LogP contribution in [0.4, 0.5) is 5.69 Å². The fourth-order valence-electron chi connectivity index (χ4n) is 2.53. The van der Waals surface area contributed by atoms with Crippen molar-refractivity contribution in [3.8, 4) is 0 Å². The van der Waals surface area contributed by atoms with Crippen LogP contribution in [-0.2, 0) is 6.54 Å². The molecule has 0 spiro atoms. The Morgan fingerprint density at radius 2 is 1.82 bits per heavy atom. The van der Waals surface area contributed by atoms with Crippen molar-refractivity contribution in [2.45, 2.75) is 20.4 Å². The molecule has 2 aromatic carbocycles. The summed E-state index contributed by atoms with van der Waals surface area (Å²) >= 11 is 0. The third-order valence-corrected chi connectivity index (χ3v) is 4.16. The number of nitrogens with zero attached hydrogens (tertiary/aromatic N) is 4. The lowest BCUT2D eigenvalue weighted by Crippen LogP contribution is -2.20. The molecule has 1 aromatic heterocycles. The molecule has 1 amide bonds. The van der Waals surface area contributed by atoms with Crippen LogP contribution in [0.1, 0.15) is 34.1 Å². The zero-order valence-electron chi connectivity index (χ0n) is 15.5. The molecule has 28 heavy (non-hydrogen) atoms. The predicted octanol–water partition coefficient (Wildman–Crippen LogP) is 3.30. The second kappa shape index (κ2) is 8.26. The first-order valence-corrected chi connectivity index (χ1v) is 8.61. The highest BCUT2D eigenvalue weighted by Crippen LogP contribution is 2.13. The number of amides is 1. The van der Waals surface area contributed by atoms with Gasteiger partial charge < -0.3 is 0 Å². The number of nitro benzene ring substituents is 1. The Morgan fingerprint density at radius 1 is 1.14 bits per heavy atom. The van der Waals surface area contributed by atoms with Gasteiger partial charge in [0, 0.05) is 18.3 Å². The Morgan fingerprint density at radius 3 is 2.46 bits per heavy atom. The van der Waals surface area contributed by atoms with Crippen molar-refractivity contribution < 1.29 is 9.72 Å². The maximum Gasteiger partial charge on any atom is 0.291 e. The number of nitro groups is 1. The largest absolute Gasteiger partial charge is 0.291 e. The van der Waals surface area contributed by atoms with Crippen LogP contribution >= 0.6 is 0 Å². The van der Waals surface area contributed by atoms with Crippen molar-refractivity contribution in [3.63, 3.8) is 0 Å². The fraction of sp³-hybridized carbons (Fsp3) is 0.150. The van der Waals surface area contributed by atoms with E-state index in [2.05, 4.69) is 15.6 Å². The summed E-state index contributed by atoms with van der Waals surface area (Å²) < 4.78 is 1.59. The molecule has 0 unspecified atom stereocenters. The first kappa shape index (κ1) is 19.0. The highest BCUT2D eigenvalue weighted by Gasteiger charge is 2.10. The van der Waals surface area contributed by atoms with Gasteiger partial charge in [-0.2, -0.15) is 10.2 Å². The SMILES string of the molecule is CC(=NNC(=O)c1ccn(Cc2ccc([N+](=O)[O-])cc2)n1)c1ccc(C)cc1. The Kier molecular flexibility index (Phi) is 5.59. The number of rotatable bonds is 6. The number of hydrazone groups is 1. The molecule has 1 N–H and O–H groups in total. The second-order valence-electron chi connectivity index (χ2n) is 6.33. The molecule has 3 rings (SSSR count). The summed E-state index contributed by atoms with van der Waals surface area (Å²) in [6.07, 6.45) is 1.67. The number of hydrogen-bond acceptors (Lipinski definition) is 5. The topological polar surface area (TPSA) is 102 Å². The van der Waals surface area contributed by atoms with E-state index in [0.717, 1.165) is 16.7 Å². The second-order valence-corrected chi connectivity index (χ2v) is 6.33. The standard InChI is InChI=1S/C20H19N5O3/c1-14-3-7-17(8-4-14)15(2)21-22-20(26)19-11-12-24(23-19)13-16-5-9-18(10-6-16)25(27)28/h3-12H,13H2,1-2H3,(H,22,26). The van der Waals surface area contributed by atoms with Crippen LogP contribution in [0.3, 0.4) is 0 Å². The quantitative estimate of drug-likeness (QED) is 0.404. The van der Waals surface area contributed by atoms with Gasteiger partial charge in [-0.1, -0.05) is 42.0 Å². The molecule has 0 saturated carbocycles. The van der Waals surface area contributed by atoms with E-state index in [1.54, 1.807) is 29.1 Å². The van der Waals surface area contributed by atoms with Crippen LogP contribution in [0.5, 0.6) is 0 Å². The third-order valence-electron chi connectivity index (χ3n) is 4.16. The summed E-state index contributed by atoms with van der Waals surface area (Å²) in [5.41, 5.74) is 6.39. The maximum atomic E-state index is 12.3. The summed E-state index contributed by atoms with van der Waals surface area (Å²) in [4.78, 5) is 22.5. The fourth-order valence-corrected chi connectivity index (χ4v) is 2.53. The van der Waals surface area contributed by atoms with E-state index in [1.807, 2.05) is 38.1 Å². The number of carbonyl (C=O) groups is 1. The minimum atomic E-state index is -0.445. The molecule has 0 fully saturated rings. The molecular formula is C20H19N5O3. The Bertz CT molecular complexity index is 1020. The third kappa shape index (κ3) is 4.67. The highest BCUT2D eigenvalue weighted by molar-refractivity contribution is 6.00. The molecule has 0 aliphatic rings. The zero-order chi connectivity index (χ0) is 20.1. The van der Waals surface area contributed by atoms with Gasteiger partial charge in [-0.25, -0.2) is 5.43 Å². The van der Waals surface area contributed by atoms with Crippen molar-refractivity contribution in [3.05, 3.63) is 93.3 Å². The number of non-ortho nitro benzene ring substituents is 1. The maximum absolute atomic E-state index is 12.3. The molecule has 1 heterocycles. The molecule has 8 heteroatoms. The van der Waals surface area contributed by atoms with Gasteiger partial charge in [-0.3, -0.25) is 19.6 Å². The molecule has 0 radical (unpaired) electrons. The van der Waals surface area contributed by atoms with Crippen LogP contribution in [0.25, 0.3) is 0 Å². The smallest absolute Gasteiger partial charge is 0.268 e. The minimum Gasteiger partial charge on any atom is -0.268 e. The summed E-state index contributed by atoms with van der Waals surface area (Å²) in [5.74, 6) is -0.408. The van der Waals surface area contributed by atoms with Crippen LogP contribution in [0.15, 0.2) is 65.9 Å². The number of aryl methyl sites for hydroxylation is 1. The summed E-state index contributed by atoms with van der Waals surface area (Å²) in [7, 11) is 0. The lowest BCUT2D eigenvalue weighted by atomic mass is 10.1. The van der Waals surface area contributed by atoms with E-state index in [1.165, 1.54) is 12.1 Å². The van der Waals surface area contributed by atoms with Crippen molar-refractivity contribution in [1.82, 2.24) is 15.2 Å². The molecular weight excluding hydrogens is 358 g/mol. The summed E-state index contributed by atoms with van der Waals surface area (Å²) in [6.45, 7) is 4.22. The monoisotopic (exact) mass is 377 g/mol. The van der Waals surface area contributed by atoms with E-state index in [-0.39, 0.29) is 11.4 Å². The first-order valence-electron chi connectivity index (χ1n) is 8.61. The van der Waals surface area contributed by atoms with Crippen LogP contribution < -0.4 is 5.43 Å². The van der Waals surface area contributed by atoms with Gasteiger partial charge in [-0.15, -0.1) is 0 Å². The first-order chi connectivity index (χ1) is 13.4. The molecule has 0 aliphatic carbocycles. The van der Waals surface area contributed by atoms with Gasteiger partial charge in [0.15, 0.2) is 5.69 Å². The zero-order valence-corrected chi connectivity index (χ0v) is 15.5. The average Bonchev–Trinajstić information content (AvgIpc) is 3.15. The highest BCUT2D eigenvalue weighted by atomic mass is 16.6. The van der Waals surface area contributed by atoms with Crippen molar-refractivity contribution in [1.29, 1.82) is 0 Å². The van der Waals surface area contributed by atoms with E-state index in [9.17, 15) is 14.9 Å². The van der Waals surface area contributed by atoms with Gasteiger partial charge in [0.25, 0.3) is 11.6 Å². The van der Waals surface area contributed by atoms with Gasteiger partial charge in [-0.05, 0) is 31.0 Å². The molecule has 8 nitrogen and oxygen atoms in total. The number of nitrogens with one attached hydrogen (secondary N) is 1. The number of hydrogen-bond donors (Lipinski definition) is 1. The van der Waals surface area contributed by atoms with Gasteiger partial charge in [0.2, 0.25) is 0 Å². The lowest BCUT2D eigenvalue weighted by molar-refractivity contribution is -0.384. The summed E-state index contributed by atoms with van der Waals surface area (Å²) in [5, 5.41) is 19.0. The average molecular weight is 377 g/mol. The molecule has 142 valence electrons. The van der Waals surface area contributed by atoms with Gasteiger partial charge in [0.05, 0.1) is 17.2 Å².